The van der Waals surface area contributed by atoms with Crippen LogP contribution < -0.4 is 4.90 Å². The highest BCUT2D eigenvalue weighted by molar-refractivity contribution is 9.10. The summed E-state index contributed by atoms with van der Waals surface area (Å²) < 4.78 is 21.2. The Morgan fingerprint density at radius 1 is 1.15 bits per heavy atom. The Labute approximate surface area is 170 Å². The predicted molar refractivity (Wildman–Crippen MR) is 109 cm³/mol. The molecule has 2 aromatic carbocycles. The number of carbonyl (C=O) groups is 1. The fourth-order valence-corrected chi connectivity index (χ4v) is 5.25. The minimum Gasteiger partial charge on any atom is -0.593 e. The van der Waals surface area contributed by atoms with Crippen LogP contribution in [0.3, 0.4) is 0 Å². The number of ether oxygens (including phenoxy) is 1. The van der Waals surface area contributed by atoms with Crippen LogP contribution in [0.2, 0.25) is 0 Å². The summed E-state index contributed by atoms with van der Waals surface area (Å²) >= 11 is 2.31. The summed E-state index contributed by atoms with van der Waals surface area (Å²) in [6, 6.07) is 13.8. The van der Waals surface area contributed by atoms with E-state index in [0.717, 1.165) is 39.0 Å². The van der Waals surface area contributed by atoms with Gasteiger partial charge in [-0.1, -0.05) is 33.6 Å². The van der Waals surface area contributed by atoms with Crippen molar-refractivity contribution in [2.75, 3.05) is 18.0 Å². The third-order valence-electron chi connectivity index (χ3n) is 5.09. The molecule has 0 spiro atoms. The normalized spacial score (nSPS) is 19.5. The van der Waals surface area contributed by atoms with Crippen LogP contribution >= 0.6 is 15.9 Å². The van der Waals surface area contributed by atoms with E-state index in [-0.39, 0.29) is 12.1 Å². The summed E-state index contributed by atoms with van der Waals surface area (Å²) in [5.41, 5.74) is 3.09. The molecule has 2 heterocycles. The minimum absolute atomic E-state index is 0.0593. The number of fused-ring (bicyclic) bond motifs is 1. The van der Waals surface area contributed by atoms with Gasteiger partial charge in [0.25, 0.3) is 0 Å². The number of aryl methyl sites for hydroxylation is 1. The largest absolute Gasteiger partial charge is 0.593 e. The van der Waals surface area contributed by atoms with Crippen molar-refractivity contribution in [3.8, 4) is 0 Å². The minimum atomic E-state index is -1.16. The van der Waals surface area contributed by atoms with E-state index in [1.54, 1.807) is 4.90 Å². The molecular formula is C20H21BrN2O3S. The molecule has 0 aromatic heterocycles. The molecule has 1 unspecified atom stereocenters. The summed E-state index contributed by atoms with van der Waals surface area (Å²) in [6.45, 7) is 3.69. The molecule has 0 aliphatic carbocycles. The van der Waals surface area contributed by atoms with E-state index >= 15 is 0 Å². The van der Waals surface area contributed by atoms with E-state index in [1.165, 1.54) is 0 Å². The van der Waals surface area contributed by atoms with Gasteiger partial charge in [-0.15, -0.1) is 4.31 Å². The van der Waals surface area contributed by atoms with Gasteiger partial charge in [0.1, 0.15) is 6.61 Å². The molecule has 1 atom stereocenters. The van der Waals surface area contributed by atoms with Gasteiger partial charge in [-0.2, -0.15) is 0 Å². The second-order valence-corrected chi connectivity index (χ2v) is 9.32. The molecule has 4 rings (SSSR count). The fourth-order valence-electron chi connectivity index (χ4n) is 3.63. The first-order valence-electron chi connectivity index (χ1n) is 9.01. The number of nitrogens with zero attached hydrogens (tertiary/aromatic N) is 2. The molecule has 1 saturated heterocycles. The second kappa shape index (κ2) is 7.83. The molecule has 0 radical (unpaired) electrons. The Bertz CT molecular complexity index is 838. The first-order valence-corrected chi connectivity index (χ1v) is 10.9. The van der Waals surface area contributed by atoms with E-state index in [2.05, 4.69) is 15.9 Å². The number of amides is 1. The zero-order chi connectivity index (χ0) is 19.0. The number of hydrogen-bond donors (Lipinski definition) is 0. The predicted octanol–water partition coefficient (Wildman–Crippen LogP) is 4.40. The Morgan fingerprint density at radius 3 is 2.56 bits per heavy atom. The van der Waals surface area contributed by atoms with Gasteiger partial charge < -0.3 is 9.29 Å². The van der Waals surface area contributed by atoms with Crippen molar-refractivity contribution in [1.29, 1.82) is 0 Å². The van der Waals surface area contributed by atoms with Crippen LogP contribution in [-0.2, 0) is 22.7 Å². The Balaban J connectivity index is 1.46. The highest BCUT2D eigenvalue weighted by Gasteiger charge is 2.37. The average molecular weight is 449 g/mol. The highest BCUT2D eigenvalue weighted by atomic mass is 79.9. The lowest BCUT2D eigenvalue weighted by Crippen LogP contribution is -2.50. The van der Waals surface area contributed by atoms with Crippen LogP contribution in [0, 0.1) is 6.92 Å². The van der Waals surface area contributed by atoms with E-state index in [0.29, 0.717) is 19.7 Å². The number of piperidine rings is 1. The molecule has 5 nitrogen and oxygen atoms in total. The quantitative estimate of drug-likeness (QED) is 0.652. The van der Waals surface area contributed by atoms with Gasteiger partial charge in [-0.05, 0) is 50.1 Å². The second-order valence-electron chi connectivity index (χ2n) is 6.92. The van der Waals surface area contributed by atoms with Gasteiger partial charge in [0.05, 0.1) is 17.0 Å². The van der Waals surface area contributed by atoms with Crippen molar-refractivity contribution < 1.29 is 14.1 Å². The Hall–Kier alpha value is -1.54. The maximum atomic E-state index is 12.8. The zero-order valence-electron chi connectivity index (χ0n) is 15.1. The number of rotatable bonds is 3. The fraction of sp³-hybridized carbons (Fsp3) is 0.350. The van der Waals surface area contributed by atoms with Gasteiger partial charge in [-0.3, -0.25) is 4.90 Å². The van der Waals surface area contributed by atoms with Gasteiger partial charge in [0.2, 0.25) is 0 Å². The monoisotopic (exact) mass is 448 g/mol. The van der Waals surface area contributed by atoms with Gasteiger partial charge >= 0.3 is 6.09 Å². The van der Waals surface area contributed by atoms with Gasteiger partial charge in [-0.25, -0.2) is 4.79 Å². The molecule has 2 aliphatic heterocycles. The molecule has 2 aromatic rings. The smallest absolute Gasteiger partial charge is 0.414 e. The summed E-state index contributed by atoms with van der Waals surface area (Å²) in [7, 11) is 0. The van der Waals surface area contributed by atoms with Crippen LogP contribution in [0.15, 0.2) is 51.8 Å². The van der Waals surface area contributed by atoms with Crippen molar-refractivity contribution in [1.82, 2.24) is 4.31 Å². The highest BCUT2D eigenvalue weighted by Crippen LogP contribution is 2.34. The van der Waals surface area contributed by atoms with Crippen molar-refractivity contribution in [2.45, 2.75) is 37.3 Å². The third-order valence-corrected chi connectivity index (χ3v) is 7.10. The van der Waals surface area contributed by atoms with E-state index in [1.807, 2.05) is 53.7 Å². The summed E-state index contributed by atoms with van der Waals surface area (Å²) in [6.07, 6.45) is 1.24. The third kappa shape index (κ3) is 3.87. The molecule has 0 bridgehead atoms. The number of hydrogen-bond acceptors (Lipinski definition) is 4. The van der Waals surface area contributed by atoms with Crippen LogP contribution in [0.1, 0.15) is 24.0 Å². The first-order chi connectivity index (χ1) is 13.0. The molecule has 1 fully saturated rings. The molecular weight excluding hydrogens is 428 g/mol. The lowest BCUT2D eigenvalue weighted by molar-refractivity contribution is 0.135. The Morgan fingerprint density at radius 2 is 1.85 bits per heavy atom. The lowest BCUT2D eigenvalue weighted by Gasteiger charge is -2.39. The van der Waals surface area contributed by atoms with E-state index in [4.69, 9.17) is 4.74 Å². The van der Waals surface area contributed by atoms with Crippen LogP contribution in [0.25, 0.3) is 0 Å². The van der Waals surface area contributed by atoms with Gasteiger partial charge in [0, 0.05) is 29.2 Å². The maximum Gasteiger partial charge on any atom is 0.414 e. The summed E-state index contributed by atoms with van der Waals surface area (Å²) in [5, 5.41) is 0. The number of carbonyl (C=O) groups excluding carboxylic acids is 1. The van der Waals surface area contributed by atoms with Crippen molar-refractivity contribution in [3.63, 3.8) is 0 Å². The molecule has 7 heteroatoms. The SMILES string of the molecule is Cc1ccc([S+]([O-])N2CCC(N3C(=O)OCc4cc(Br)ccc43)CC2)cc1. The number of benzene rings is 2. The van der Waals surface area contributed by atoms with E-state index < -0.39 is 11.4 Å². The molecule has 0 N–H and O–H groups in total. The van der Waals surface area contributed by atoms with Gasteiger partial charge in [0.15, 0.2) is 4.90 Å². The number of cyclic esters (lactones) is 1. The molecule has 1 amide bonds. The molecule has 142 valence electrons. The van der Waals surface area contributed by atoms with Crippen LogP contribution in [0.4, 0.5) is 10.5 Å². The molecule has 27 heavy (non-hydrogen) atoms. The average Bonchev–Trinajstić information content (AvgIpc) is 2.68. The molecule has 2 aliphatic rings. The van der Waals surface area contributed by atoms with Crippen molar-refractivity contribution in [2.24, 2.45) is 0 Å². The van der Waals surface area contributed by atoms with E-state index in [9.17, 15) is 9.35 Å². The standard InChI is InChI=1S/C20H21BrN2O3S/c1-14-2-5-18(6-3-14)27(25)22-10-8-17(9-11-22)23-19-7-4-16(21)12-15(19)13-26-20(23)24/h2-7,12,17H,8-11,13H2,1H3. The summed E-state index contributed by atoms with van der Waals surface area (Å²) in [5.74, 6) is 0. The van der Waals surface area contributed by atoms with Crippen molar-refractivity contribution in [3.05, 3.63) is 58.1 Å². The number of anilines is 1. The maximum absolute atomic E-state index is 12.8. The van der Waals surface area contributed by atoms with Crippen molar-refractivity contribution >= 4 is 39.1 Å². The Kier molecular flexibility index (Phi) is 5.45. The first kappa shape index (κ1) is 18.8. The van der Waals surface area contributed by atoms with Crippen LogP contribution in [0.5, 0.6) is 0 Å². The lowest BCUT2D eigenvalue weighted by atomic mass is 10.0. The molecule has 0 saturated carbocycles. The summed E-state index contributed by atoms with van der Waals surface area (Å²) in [4.78, 5) is 15.0. The zero-order valence-corrected chi connectivity index (χ0v) is 17.5. The van der Waals surface area contributed by atoms with Crippen LogP contribution in [-0.4, -0.2) is 34.1 Å². The topological polar surface area (TPSA) is 55.8 Å². The number of halogens is 1.